The normalized spacial score (nSPS) is 10.0. The summed E-state index contributed by atoms with van der Waals surface area (Å²) in [6, 6.07) is 16.5. The quantitative estimate of drug-likeness (QED) is 0.861. The Bertz CT molecular complexity index is 477. The van der Waals surface area contributed by atoms with Crippen molar-refractivity contribution in [3.8, 4) is 5.75 Å². The van der Waals surface area contributed by atoms with E-state index in [4.69, 9.17) is 4.74 Å². The van der Waals surface area contributed by atoms with Crippen LogP contribution in [0.1, 0.15) is 11.1 Å². The van der Waals surface area contributed by atoms with Gasteiger partial charge in [-0.2, -0.15) is 0 Å². The average Bonchev–Trinajstić information content (AvgIpc) is 2.38. The molecule has 0 bridgehead atoms. The van der Waals surface area contributed by atoms with Crippen LogP contribution in [0, 0.1) is 6.92 Å². The van der Waals surface area contributed by atoms with Gasteiger partial charge < -0.3 is 10.1 Å². The molecule has 0 saturated heterocycles. The fourth-order valence-electron chi connectivity index (χ4n) is 1.64. The van der Waals surface area contributed by atoms with Gasteiger partial charge in [0, 0.05) is 18.3 Å². The standard InChI is InChI=1S/C15H17NO/c1-12-6-8-13(9-7-12)11-16-14-4-3-5-15(10-14)17-2/h3-10,16H,11H2,1-2H3. The van der Waals surface area contributed by atoms with Crippen molar-refractivity contribution in [1.82, 2.24) is 0 Å². The summed E-state index contributed by atoms with van der Waals surface area (Å²) >= 11 is 0. The van der Waals surface area contributed by atoms with Gasteiger partial charge in [-0.05, 0) is 24.6 Å². The molecule has 0 unspecified atom stereocenters. The van der Waals surface area contributed by atoms with Crippen LogP contribution < -0.4 is 10.1 Å². The van der Waals surface area contributed by atoms with E-state index in [2.05, 4.69) is 36.5 Å². The molecule has 0 atom stereocenters. The van der Waals surface area contributed by atoms with Crippen LogP contribution in [-0.2, 0) is 6.54 Å². The molecule has 0 aromatic heterocycles. The Balaban J connectivity index is 1.99. The van der Waals surface area contributed by atoms with Crippen molar-refractivity contribution in [2.24, 2.45) is 0 Å². The zero-order chi connectivity index (χ0) is 12.1. The number of anilines is 1. The molecule has 17 heavy (non-hydrogen) atoms. The Labute approximate surface area is 102 Å². The number of hydrogen-bond acceptors (Lipinski definition) is 2. The first-order valence-corrected chi connectivity index (χ1v) is 5.71. The van der Waals surface area contributed by atoms with Crippen LogP contribution >= 0.6 is 0 Å². The second kappa shape index (κ2) is 5.39. The highest BCUT2D eigenvalue weighted by atomic mass is 16.5. The molecule has 2 aromatic carbocycles. The van der Waals surface area contributed by atoms with Crippen molar-refractivity contribution < 1.29 is 4.74 Å². The van der Waals surface area contributed by atoms with Crippen molar-refractivity contribution >= 4 is 5.69 Å². The highest BCUT2D eigenvalue weighted by Crippen LogP contribution is 2.17. The molecule has 0 aliphatic carbocycles. The minimum absolute atomic E-state index is 0.827. The van der Waals surface area contributed by atoms with Gasteiger partial charge in [-0.3, -0.25) is 0 Å². The van der Waals surface area contributed by atoms with Crippen molar-refractivity contribution in [3.05, 3.63) is 59.7 Å². The fourth-order valence-corrected chi connectivity index (χ4v) is 1.64. The zero-order valence-corrected chi connectivity index (χ0v) is 10.2. The lowest BCUT2D eigenvalue weighted by Gasteiger charge is -2.08. The summed E-state index contributed by atoms with van der Waals surface area (Å²) in [5.74, 6) is 0.874. The maximum Gasteiger partial charge on any atom is 0.120 e. The summed E-state index contributed by atoms with van der Waals surface area (Å²) in [7, 11) is 1.68. The predicted molar refractivity (Wildman–Crippen MR) is 71.5 cm³/mol. The monoisotopic (exact) mass is 227 g/mol. The Morgan fingerprint density at radius 1 is 1.06 bits per heavy atom. The van der Waals surface area contributed by atoms with Gasteiger partial charge in [0.05, 0.1) is 7.11 Å². The highest BCUT2D eigenvalue weighted by Gasteiger charge is 1.96. The molecular weight excluding hydrogens is 210 g/mol. The number of methoxy groups -OCH3 is 1. The first-order valence-electron chi connectivity index (χ1n) is 5.71. The average molecular weight is 227 g/mol. The van der Waals surface area contributed by atoms with Gasteiger partial charge in [0.25, 0.3) is 0 Å². The summed E-state index contributed by atoms with van der Waals surface area (Å²) in [5.41, 5.74) is 3.64. The molecule has 2 aromatic rings. The summed E-state index contributed by atoms with van der Waals surface area (Å²) in [6.45, 7) is 2.92. The van der Waals surface area contributed by atoms with Crippen LogP contribution in [0.2, 0.25) is 0 Å². The van der Waals surface area contributed by atoms with Gasteiger partial charge >= 0.3 is 0 Å². The number of ether oxygens (including phenoxy) is 1. The predicted octanol–water partition coefficient (Wildman–Crippen LogP) is 3.62. The highest BCUT2D eigenvalue weighted by molar-refractivity contribution is 5.48. The van der Waals surface area contributed by atoms with Crippen LogP contribution in [0.25, 0.3) is 0 Å². The molecule has 0 saturated carbocycles. The topological polar surface area (TPSA) is 21.3 Å². The number of rotatable bonds is 4. The number of benzene rings is 2. The largest absolute Gasteiger partial charge is 0.497 e. The van der Waals surface area contributed by atoms with Gasteiger partial charge in [-0.1, -0.05) is 35.9 Å². The van der Waals surface area contributed by atoms with E-state index < -0.39 is 0 Å². The van der Waals surface area contributed by atoms with Crippen molar-refractivity contribution in [2.45, 2.75) is 13.5 Å². The zero-order valence-electron chi connectivity index (χ0n) is 10.2. The van der Waals surface area contributed by atoms with E-state index in [0.717, 1.165) is 18.0 Å². The van der Waals surface area contributed by atoms with Gasteiger partial charge in [0.1, 0.15) is 5.75 Å². The van der Waals surface area contributed by atoms with E-state index in [9.17, 15) is 0 Å². The first kappa shape index (κ1) is 11.5. The van der Waals surface area contributed by atoms with Crippen LogP contribution in [0.3, 0.4) is 0 Å². The Morgan fingerprint density at radius 3 is 2.53 bits per heavy atom. The molecule has 0 fully saturated rings. The molecule has 2 nitrogen and oxygen atoms in total. The molecule has 0 heterocycles. The molecule has 2 rings (SSSR count). The minimum Gasteiger partial charge on any atom is -0.497 e. The lowest BCUT2D eigenvalue weighted by Crippen LogP contribution is -1.99. The minimum atomic E-state index is 0.827. The third-order valence-corrected chi connectivity index (χ3v) is 2.69. The Hall–Kier alpha value is -1.96. The van der Waals surface area contributed by atoms with Crippen LogP contribution in [0.15, 0.2) is 48.5 Å². The molecule has 0 spiro atoms. The van der Waals surface area contributed by atoms with Crippen LogP contribution in [-0.4, -0.2) is 7.11 Å². The van der Waals surface area contributed by atoms with E-state index in [0.29, 0.717) is 0 Å². The molecule has 0 aliphatic heterocycles. The molecule has 0 radical (unpaired) electrons. The lowest BCUT2D eigenvalue weighted by atomic mass is 10.1. The van der Waals surface area contributed by atoms with Crippen LogP contribution in [0.5, 0.6) is 5.75 Å². The Kier molecular flexibility index (Phi) is 3.66. The Morgan fingerprint density at radius 2 is 1.82 bits per heavy atom. The number of aryl methyl sites for hydroxylation is 1. The van der Waals surface area contributed by atoms with Crippen molar-refractivity contribution in [2.75, 3.05) is 12.4 Å². The van der Waals surface area contributed by atoms with E-state index in [1.807, 2.05) is 24.3 Å². The third kappa shape index (κ3) is 3.25. The van der Waals surface area contributed by atoms with E-state index in [-0.39, 0.29) is 0 Å². The van der Waals surface area contributed by atoms with E-state index >= 15 is 0 Å². The molecule has 1 N–H and O–H groups in total. The molecule has 0 aliphatic rings. The van der Waals surface area contributed by atoms with Crippen LogP contribution in [0.4, 0.5) is 5.69 Å². The maximum absolute atomic E-state index is 5.18. The van der Waals surface area contributed by atoms with E-state index in [1.165, 1.54) is 11.1 Å². The second-order valence-electron chi connectivity index (χ2n) is 4.07. The van der Waals surface area contributed by atoms with Crippen molar-refractivity contribution in [1.29, 1.82) is 0 Å². The molecule has 2 heteroatoms. The summed E-state index contributed by atoms with van der Waals surface area (Å²) in [4.78, 5) is 0. The fraction of sp³-hybridized carbons (Fsp3) is 0.200. The summed E-state index contributed by atoms with van der Waals surface area (Å²) < 4.78 is 5.18. The van der Waals surface area contributed by atoms with Gasteiger partial charge in [0.15, 0.2) is 0 Å². The smallest absolute Gasteiger partial charge is 0.120 e. The molecule has 0 amide bonds. The van der Waals surface area contributed by atoms with E-state index in [1.54, 1.807) is 7.11 Å². The lowest BCUT2D eigenvalue weighted by molar-refractivity contribution is 0.415. The summed E-state index contributed by atoms with van der Waals surface area (Å²) in [5, 5.41) is 3.38. The van der Waals surface area contributed by atoms with Gasteiger partial charge in [-0.25, -0.2) is 0 Å². The molecule has 88 valence electrons. The summed E-state index contributed by atoms with van der Waals surface area (Å²) in [6.07, 6.45) is 0. The number of nitrogens with one attached hydrogen (secondary N) is 1. The first-order chi connectivity index (χ1) is 8.28. The van der Waals surface area contributed by atoms with Gasteiger partial charge in [0.2, 0.25) is 0 Å². The number of hydrogen-bond donors (Lipinski definition) is 1. The molecular formula is C15H17NO. The second-order valence-corrected chi connectivity index (χ2v) is 4.07. The SMILES string of the molecule is COc1cccc(NCc2ccc(C)cc2)c1. The van der Waals surface area contributed by atoms with Gasteiger partial charge in [-0.15, -0.1) is 0 Å². The third-order valence-electron chi connectivity index (χ3n) is 2.69. The maximum atomic E-state index is 5.18. The van der Waals surface area contributed by atoms with Crippen molar-refractivity contribution in [3.63, 3.8) is 0 Å².